The Hall–Kier alpha value is -4.90. The Balaban J connectivity index is 1.28. The molecule has 4 heterocycles. The number of aromatic nitrogens is 8. The zero-order valence-corrected chi connectivity index (χ0v) is 23.1. The maximum Gasteiger partial charge on any atom is 0.323 e. The number of anilines is 2. The minimum atomic E-state index is -0.227. The number of halogens is 1. The number of amides is 2. The molecule has 0 bridgehead atoms. The van der Waals surface area contributed by atoms with Gasteiger partial charge in [-0.1, -0.05) is 11.6 Å². The van der Waals surface area contributed by atoms with Crippen molar-refractivity contribution < 1.29 is 9.53 Å². The van der Waals surface area contributed by atoms with Gasteiger partial charge < -0.3 is 15.4 Å². The van der Waals surface area contributed by atoms with E-state index in [1.807, 2.05) is 6.92 Å². The van der Waals surface area contributed by atoms with Gasteiger partial charge in [0.2, 0.25) is 5.95 Å². The normalized spacial score (nSPS) is 16.4. The van der Waals surface area contributed by atoms with Gasteiger partial charge in [-0.2, -0.15) is 10.4 Å². The number of carbonyl (C=O) groups excluding carboxylic acids is 1. The predicted octanol–water partition coefficient (Wildman–Crippen LogP) is 3.61. The summed E-state index contributed by atoms with van der Waals surface area (Å²) < 4.78 is 5.01. The molecular weight excluding hydrogens is 548 g/mol. The number of nitriles is 1. The number of carbonyl (C=O) groups is 1. The van der Waals surface area contributed by atoms with Crippen molar-refractivity contribution in [3.63, 3.8) is 0 Å². The van der Waals surface area contributed by atoms with E-state index < -0.39 is 0 Å². The van der Waals surface area contributed by atoms with E-state index in [1.54, 1.807) is 29.7 Å². The molecule has 4 aromatic heterocycles. The van der Waals surface area contributed by atoms with Crippen LogP contribution in [0.25, 0.3) is 22.6 Å². The molecule has 5 rings (SSSR count). The molecule has 4 aromatic rings. The Morgan fingerprint density at radius 1 is 1.10 bits per heavy atom. The number of nitrogens with one attached hydrogen (secondary N) is 3. The Bertz CT molecular complexity index is 1530. The lowest BCUT2D eigenvalue weighted by molar-refractivity contribution is 0.241. The topological polar surface area (TPSA) is 183 Å². The first-order chi connectivity index (χ1) is 20.0. The highest BCUT2D eigenvalue weighted by molar-refractivity contribution is 6.32. The van der Waals surface area contributed by atoms with Gasteiger partial charge in [0.05, 0.1) is 42.0 Å². The summed E-state index contributed by atoms with van der Waals surface area (Å²) in [6, 6.07) is 2.11. The Morgan fingerprint density at radius 2 is 1.88 bits per heavy atom. The average molecular weight is 575 g/mol. The predicted molar refractivity (Wildman–Crippen MR) is 150 cm³/mol. The van der Waals surface area contributed by atoms with Gasteiger partial charge in [0.1, 0.15) is 17.5 Å². The van der Waals surface area contributed by atoms with Gasteiger partial charge in [-0.15, -0.1) is 0 Å². The molecule has 15 heteroatoms. The molecular formula is C26H27ClN12O2. The number of methoxy groups -OCH3 is 1. The van der Waals surface area contributed by atoms with Crippen LogP contribution in [0, 0.1) is 11.3 Å². The van der Waals surface area contributed by atoms with Crippen LogP contribution in [0.2, 0.25) is 5.02 Å². The van der Waals surface area contributed by atoms with Gasteiger partial charge in [0.15, 0.2) is 5.82 Å². The number of rotatable bonds is 8. The second-order valence-electron chi connectivity index (χ2n) is 9.22. The molecule has 0 atom stereocenters. The Labute approximate surface area is 240 Å². The van der Waals surface area contributed by atoms with E-state index in [0.717, 1.165) is 25.7 Å². The molecule has 41 heavy (non-hydrogen) atoms. The van der Waals surface area contributed by atoms with Crippen molar-refractivity contribution in [1.82, 2.24) is 45.4 Å². The molecule has 14 nitrogen and oxygen atoms in total. The van der Waals surface area contributed by atoms with Crippen LogP contribution in [0.3, 0.4) is 0 Å². The zero-order valence-electron chi connectivity index (χ0n) is 22.4. The number of ether oxygens (including phenoxy) is 1. The van der Waals surface area contributed by atoms with Crippen LogP contribution >= 0.6 is 11.6 Å². The summed E-state index contributed by atoms with van der Waals surface area (Å²) >= 11 is 6.20. The van der Waals surface area contributed by atoms with Crippen molar-refractivity contribution in [1.29, 1.82) is 5.26 Å². The molecule has 1 fully saturated rings. The number of nitrogens with zero attached hydrogens (tertiary/aromatic N) is 9. The standard InChI is InChI=1S/C26H27ClN12O2/c1-3-29-26(40)39(21-14-30-20(13-31-21)16-10-33-25(41-2)34-11-16)18-6-4-17(5-7-18)36-24-32-9-15(8-28)22(37-24)23-19(27)12-35-38-23/h9-14,17-18H,3-7H2,1-2H3,(H,29,40)(H,35,38)(H,32,36,37)/t17-,18-. The summed E-state index contributed by atoms with van der Waals surface area (Å²) in [5.74, 6) is 0.840. The summed E-state index contributed by atoms with van der Waals surface area (Å²) in [5.41, 5.74) is 2.29. The molecule has 2 amide bonds. The van der Waals surface area contributed by atoms with Gasteiger partial charge in [0.25, 0.3) is 0 Å². The SMILES string of the molecule is CCNC(=O)N(c1cnc(-c2cnc(OC)nc2)cn1)[C@H]1CC[C@H](Nc2ncc(C#N)c(-c3n[nH]cc3Cl)n2)CC1. The van der Waals surface area contributed by atoms with Crippen LogP contribution in [-0.4, -0.2) is 71.9 Å². The minimum Gasteiger partial charge on any atom is -0.467 e. The average Bonchev–Trinajstić information content (AvgIpc) is 3.44. The number of hydrogen-bond acceptors (Lipinski definition) is 11. The number of aromatic amines is 1. The molecule has 0 aliphatic heterocycles. The fourth-order valence-electron chi connectivity index (χ4n) is 4.66. The third-order valence-electron chi connectivity index (χ3n) is 6.66. The highest BCUT2D eigenvalue weighted by Crippen LogP contribution is 2.30. The van der Waals surface area contributed by atoms with Crippen LogP contribution in [0.1, 0.15) is 38.2 Å². The van der Waals surface area contributed by atoms with Crippen molar-refractivity contribution >= 4 is 29.4 Å². The maximum atomic E-state index is 13.1. The highest BCUT2D eigenvalue weighted by Gasteiger charge is 2.31. The smallest absolute Gasteiger partial charge is 0.323 e. The Morgan fingerprint density at radius 3 is 2.49 bits per heavy atom. The lowest BCUT2D eigenvalue weighted by Crippen LogP contribution is -2.49. The first-order valence-corrected chi connectivity index (χ1v) is 13.4. The summed E-state index contributed by atoms with van der Waals surface area (Å²) in [4.78, 5) is 40.9. The summed E-state index contributed by atoms with van der Waals surface area (Å²) in [6.07, 6.45) is 12.4. The lowest BCUT2D eigenvalue weighted by atomic mass is 9.90. The second-order valence-corrected chi connectivity index (χ2v) is 9.63. The van der Waals surface area contributed by atoms with Crippen molar-refractivity contribution in [2.45, 2.75) is 44.7 Å². The van der Waals surface area contributed by atoms with E-state index in [4.69, 9.17) is 16.3 Å². The lowest BCUT2D eigenvalue weighted by Gasteiger charge is -2.36. The van der Waals surface area contributed by atoms with E-state index in [2.05, 4.69) is 56.8 Å². The van der Waals surface area contributed by atoms with E-state index in [1.165, 1.54) is 19.5 Å². The monoisotopic (exact) mass is 574 g/mol. The Kier molecular flexibility index (Phi) is 8.44. The second kappa shape index (κ2) is 12.5. The fraction of sp³-hybridized carbons (Fsp3) is 0.346. The quantitative estimate of drug-likeness (QED) is 0.279. The van der Waals surface area contributed by atoms with Crippen LogP contribution in [0.15, 0.2) is 37.2 Å². The van der Waals surface area contributed by atoms with Crippen LogP contribution in [0.4, 0.5) is 16.6 Å². The highest BCUT2D eigenvalue weighted by atomic mass is 35.5. The molecule has 3 N–H and O–H groups in total. The van der Waals surface area contributed by atoms with E-state index >= 15 is 0 Å². The molecule has 1 saturated carbocycles. The molecule has 1 aliphatic rings. The molecule has 1 aliphatic carbocycles. The first kappa shape index (κ1) is 27.7. The van der Waals surface area contributed by atoms with Crippen molar-refractivity contribution in [3.8, 4) is 34.7 Å². The number of urea groups is 1. The van der Waals surface area contributed by atoms with E-state index in [9.17, 15) is 10.1 Å². The van der Waals surface area contributed by atoms with Crippen LogP contribution in [0.5, 0.6) is 6.01 Å². The van der Waals surface area contributed by atoms with Gasteiger partial charge in [-0.05, 0) is 32.6 Å². The largest absolute Gasteiger partial charge is 0.467 e. The molecule has 0 unspecified atom stereocenters. The zero-order chi connectivity index (χ0) is 28.8. The van der Waals surface area contributed by atoms with Gasteiger partial charge >= 0.3 is 12.0 Å². The summed E-state index contributed by atoms with van der Waals surface area (Å²) in [6.45, 7) is 2.36. The van der Waals surface area contributed by atoms with E-state index in [0.29, 0.717) is 46.0 Å². The molecule has 0 spiro atoms. The number of H-pyrrole nitrogens is 1. The third-order valence-corrected chi connectivity index (χ3v) is 6.95. The van der Waals surface area contributed by atoms with Gasteiger partial charge in [-0.25, -0.2) is 29.7 Å². The summed E-state index contributed by atoms with van der Waals surface area (Å²) in [7, 11) is 1.50. The van der Waals surface area contributed by atoms with Gasteiger partial charge in [-0.3, -0.25) is 15.0 Å². The van der Waals surface area contributed by atoms with Crippen molar-refractivity contribution in [2.75, 3.05) is 23.9 Å². The minimum absolute atomic E-state index is 0.0707. The third kappa shape index (κ3) is 6.15. The van der Waals surface area contributed by atoms with E-state index in [-0.39, 0.29) is 29.7 Å². The molecule has 0 aromatic carbocycles. The van der Waals surface area contributed by atoms with Crippen molar-refractivity contribution in [3.05, 3.63) is 47.8 Å². The summed E-state index contributed by atoms with van der Waals surface area (Å²) in [5, 5.41) is 22.9. The first-order valence-electron chi connectivity index (χ1n) is 13.0. The van der Waals surface area contributed by atoms with Crippen LogP contribution in [-0.2, 0) is 0 Å². The molecule has 0 radical (unpaired) electrons. The maximum absolute atomic E-state index is 13.1. The molecule has 210 valence electrons. The molecule has 0 saturated heterocycles. The van der Waals surface area contributed by atoms with Crippen LogP contribution < -0.4 is 20.3 Å². The van der Waals surface area contributed by atoms with Gasteiger partial charge in [0, 0.05) is 42.8 Å². The number of hydrogen-bond donors (Lipinski definition) is 3. The fourth-order valence-corrected chi connectivity index (χ4v) is 4.84. The van der Waals surface area contributed by atoms with Crippen molar-refractivity contribution in [2.24, 2.45) is 0 Å².